The second kappa shape index (κ2) is 10.4. The number of nitrogens with zero attached hydrogens (tertiary/aromatic N) is 5. The van der Waals surface area contributed by atoms with Crippen molar-refractivity contribution in [1.82, 2.24) is 19.7 Å². The van der Waals surface area contributed by atoms with E-state index in [-0.39, 0.29) is 5.92 Å². The van der Waals surface area contributed by atoms with Gasteiger partial charge in [0.25, 0.3) is 0 Å². The molecule has 1 aliphatic heterocycles. The molecule has 8 heteroatoms. The highest BCUT2D eigenvalue weighted by molar-refractivity contribution is 6.37. The molecular weight excluding hydrogens is 455 g/mol. The normalized spacial score (nSPS) is 15.5. The van der Waals surface area contributed by atoms with Gasteiger partial charge in [-0.2, -0.15) is 5.10 Å². The lowest BCUT2D eigenvalue weighted by atomic mass is 9.92. The van der Waals surface area contributed by atoms with Gasteiger partial charge in [0.05, 0.1) is 5.69 Å². The Kier molecular flexibility index (Phi) is 7.36. The summed E-state index contributed by atoms with van der Waals surface area (Å²) in [7, 11) is 1.88. The number of aromatic nitrogens is 4. The van der Waals surface area contributed by atoms with Gasteiger partial charge >= 0.3 is 0 Å². The first-order chi connectivity index (χ1) is 16.0. The van der Waals surface area contributed by atoms with E-state index in [1.807, 2.05) is 38.5 Å². The maximum absolute atomic E-state index is 6.50. The molecule has 4 heterocycles. The Morgan fingerprint density at radius 1 is 1.18 bits per heavy atom. The van der Waals surface area contributed by atoms with E-state index in [0.29, 0.717) is 17.3 Å². The molecular formula is C25H28Cl2N6. The molecule has 0 bridgehead atoms. The van der Waals surface area contributed by atoms with Gasteiger partial charge in [-0.25, -0.2) is 9.97 Å². The van der Waals surface area contributed by atoms with E-state index in [1.54, 1.807) is 10.9 Å². The van der Waals surface area contributed by atoms with E-state index in [2.05, 4.69) is 33.1 Å². The third kappa shape index (κ3) is 5.07. The molecule has 0 aliphatic carbocycles. The molecule has 3 aromatic rings. The Balaban J connectivity index is 1.73. The van der Waals surface area contributed by atoms with Gasteiger partial charge in [0.1, 0.15) is 11.6 Å². The number of rotatable bonds is 7. The van der Waals surface area contributed by atoms with Gasteiger partial charge in [-0.1, -0.05) is 35.4 Å². The summed E-state index contributed by atoms with van der Waals surface area (Å²) < 4.78 is 1.77. The quantitative estimate of drug-likeness (QED) is 0.412. The maximum Gasteiger partial charge on any atom is 0.132 e. The molecule has 0 spiro atoms. The van der Waals surface area contributed by atoms with Crippen molar-refractivity contribution in [1.29, 1.82) is 0 Å². The van der Waals surface area contributed by atoms with Crippen LogP contribution in [-0.4, -0.2) is 32.8 Å². The smallest absolute Gasteiger partial charge is 0.132 e. The summed E-state index contributed by atoms with van der Waals surface area (Å²) >= 11 is 12.5. The van der Waals surface area contributed by atoms with Crippen LogP contribution < -0.4 is 10.6 Å². The van der Waals surface area contributed by atoms with Crippen LogP contribution in [-0.2, 0) is 7.05 Å². The topological polar surface area (TPSA) is 72.9 Å². The van der Waals surface area contributed by atoms with Crippen molar-refractivity contribution in [2.45, 2.75) is 32.1 Å². The first kappa shape index (κ1) is 23.3. The second-order valence-corrected chi connectivity index (χ2v) is 8.87. The summed E-state index contributed by atoms with van der Waals surface area (Å²) in [4.78, 5) is 11.5. The highest BCUT2D eigenvalue weighted by atomic mass is 35.5. The van der Waals surface area contributed by atoms with Gasteiger partial charge in [-0.15, -0.1) is 0 Å². The van der Waals surface area contributed by atoms with Gasteiger partial charge in [-0.3, -0.25) is 4.68 Å². The van der Waals surface area contributed by atoms with Crippen molar-refractivity contribution in [3.63, 3.8) is 0 Å². The molecule has 1 unspecified atom stereocenters. The molecule has 1 atom stereocenters. The van der Waals surface area contributed by atoms with Crippen LogP contribution in [0.2, 0.25) is 0 Å². The van der Waals surface area contributed by atoms with Crippen LogP contribution in [0.4, 0.5) is 11.6 Å². The zero-order valence-electron chi connectivity index (χ0n) is 18.9. The molecule has 0 radical (unpaired) electrons. The number of nitrogens with two attached hydrogens (primary N) is 1. The Morgan fingerprint density at radius 2 is 1.94 bits per heavy atom. The zero-order valence-corrected chi connectivity index (χ0v) is 20.4. The van der Waals surface area contributed by atoms with Gasteiger partial charge < -0.3 is 10.6 Å². The van der Waals surface area contributed by atoms with Crippen LogP contribution in [0.1, 0.15) is 37.7 Å². The Bertz CT molecular complexity index is 1160. The largest absolute Gasteiger partial charge is 0.383 e. The summed E-state index contributed by atoms with van der Waals surface area (Å²) in [6, 6.07) is 6.17. The second-order valence-electron chi connectivity index (χ2n) is 8.21. The monoisotopic (exact) mass is 482 g/mol. The van der Waals surface area contributed by atoms with E-state index < -0.39 is 0 Å². The molecule has 1 fully saturated rings. The van der Waals surface area contributed by atoms with Crippen LogP contribution >= 0.6 is 23.2 Å². The van der Waals surface area contributed by atoms with Crippen LogP contribution in [0.5, 0.6) is 0 Å². The van der Waals surface area contributed by atoms with Gasteiger partial charge in [-0.05, 0) is 44.4 Å². The first-order valence-electron chi connectivity index (χ1n) is 11.1. The van der Waals surface area contributed by atoms with Crippen LogP contribution in [0, 0.1) is 0 Å². The Labute approximate surface area is 204 Å². The van der Waals surface area contributed by atoms with Crippen LogP contribution in [0.3, 0.4) is 0 Å². The van der Waals surface area contributed by atoms with Crippen molar-refractivity contribution < 1.29 is 0 Å². The lowest BCUT2D eigenvalue weighted by Crippen LogP contribution is -2.18. The Morgan fingerprint density at radius 3 is 2.61 bits per heavy atom. The summed E-state index contributed by atoms with van der Waals surface area (Å²) in [6.45, 7) is 4.11. The van der Waals surface area contributed by atoms with E-state index in [1.165, 1.54) is 18.4 Å². The Hall–Kier alpha value is -2.83. The van der Waals surface area contributed by atoms with Gasteiger partial charge in [0, 0.05) is 77.5 Å². The van der Waals surface area contributed by atoms with E-state index in [0.717, 1.165) is 46.9 Å². The molecule has 0 aromatic carbocycles. The number of nitrogen functional groups attached to an aromatic ring is 1. The number of hydrogen-bond acceptors (Lipinski definition) is 5. The van der Waals surface area contributed by atoms with Gasteiger partial charge in [0.2, 0.25) is 0 Å². The highest BCUT2D eigenvalue weighted by Gasteiger charge is 2.23. The summed E-state index contributed by atoms with van der Waals surface area (Å²) in [6.07, 6.45) is 12.8. The summed E-state index contributed by atoms with van der Waals surface area (Å²) in [5.41, 5.74) is 12.1. The van der Waals surface area contributed by atoms with Crippen LogP contribution in [0.15, 0.2) is 59.5 Å². The average molecular weight is 483 g/mol. The fraction of sp³-hybridized carbons (Fsp3) is 0.320. The number of halogens is 2. The van der Waals surface area contributed by atoms with Crippen molar-refractivity contribution >= 4 is 34.8 Å². The minimum atomic E-state index is -0.131. The average Bonchev–Trinajstić information content (AvgIpc) is 3.50. The van der Waals surface area contributed by atoms with Crippen molar-refractivity contribution in [2.24, 2.45) is 7.05 Å². The molecule has 4 rings (SSSR count). The summed E-state index contributed by atoms with van der Waals surface area (Å²) in [5, 5.41) is 5.26. The fourth-order valence-electron chi connectivity index (χ4n) is 4.22. The predicted molar refractivity (Wildman–Crippen MR) is 137 cm³/mol. The molecule has 2 N–H and O–H groups in total. The molecule has 1 aliphatic rings. The number of aryl methyl sites for hydroxylation is 1. The lowest BCUT2D eigenvalue weighted by Gasteiger charge is -2.17. The predicted octanol–water partition coefficient (Wildman–Crippen LogP) is 6.10. The summed E-state index contributed by atoms with van der Waals surface area (Å²) in [5.74, 6) is 1.30. The number of pyridine rings is 2. The van der Waals surface area contributed by atoms with E-state index >= 15 is 0 Å². The van der Waals surface area contributed by atoms with E-state index in [9.17, 15) is 0 Å². The van der Waals surface area contributed by atoms with Crippen molar-refractivity contribution in [3.05, 3.63) is 65.1 Å². The minimum absolute atomic E-state index is 0.131. The number of hydrogen-bond donors (Lipinski definition) is 1. The van der Waals surface area contributed by atoms with E-state index in [4.69, 9.17) is 34.0 Å². The highest BCUT2D eigenvalue weighted by Crippen LogP contribution is 2.39. The molecule has 0 amide bonds. The molecule has 172 valence electrons. The standard InChI is InChI=1S/C25H28Cl2N6/c1-3-4-7-19(22(27)13-26)21-16-32(2)31-24(21)20-12-18(15-30-25(20)28)17-8-9-23(29-14-17)33-10-5-6-11-33/h3-4,8-9,12-16,19H,5-7,10-11H2,1-2H3,(H2,28,30)/b4-3-,22-13-. The maximum atomic E-state index is 6.50. The molecule has 3 aromatic heterocycles. The van der Waals surface area contributed by atoms with Gasteiger partial charge in [0.15, 0.2) is 0 Å². The fourth-order valence-corrected chi connectivity index (χ4v) is 4.58. The molecule has 0 saturated carbocycles. The van der Waals surface area contributed by atoms with Crippen LogP contribution in [0.25, 0.3) is 22.4 Å². The number of anilines is 2. The first-order valence-corrected chi connectivity index (χ1v) is 11.9. The SMILES string of the molecule is C/C=C\CC(/C(Cl)=C/Cl)c1cn(C)nc1-c1cc(-c2ccc(N3CCCC3)nc2)cnc1N. The molecule has 33 heavy (non-hydrogen) atoms. The molecule has 1 saturated heterocycles. The minimum Gasteiger partial charge on any atom is -0.383 e. The zero-order chi connectivity index (χ0) is 23.4. The third-order valence-electron chi connectivity index (χ3n) is 5.96. The van der Waals surface area contributed by atoms with Crippen molar-refractivity contribution in [3.8, 4) is 22.4 Å². The molecule has 6 nitrogen and oxygen atoms in total. The van der Waals surface area contributed by atoms with Crippen molar-refractivity contribution in [2.75, 3.05) is 23.7 Å². The lowest BCUT2D eigenvalue weighted by molar-refractivity contribution is 0.766. The third-order valence-corrected chi connectivity index (χ3v) is 6.68. The number of allylic oxidation sites excluding steroid dienone is 3.